The number of hydrogen-bond donors (Lipinski definition) is 0. The maximum absolute atomic E-state index is 10.6. The third kappa shape index (κ3) is 2.29. The van der Waals surface area contributed by atoms with Gasteiger partial charge in [0.15, 0.2) is 0 Å². The highest BCUT2D eigenvalue weighted by atomic mass is 16.1. The molecule has 2 rings (SSSR count). The number of aryl methyl sites for hydroxylation is 1. The maximum atomic E-state index is 10.6. The van der Waals surface area contributed by atoms with Crippen LogP contribution >= 0.6 is 0 Å². The zero-order valence-electron chi connectivity index (χ0n) is 9.02. The second kappa shape index (κ2) is 4.34. The van der Waals surface area contributed by atoms with Crippen molar-refractivity contribution in [3.05, 3.63) is 29.8 Å². The van der Waals surface area contributed by atoms with Gasteiger partial charge in [0.2, 0.25) is 6.41 Å². The van der Waals surface area contributed by atoms with Crippen molar-refractivity contribution in [2.24, 2.45) is 0 Å². The van der Waals surface area contributed by atoms with Crippen LogP contribution in [0.1, 0.15) is 5.56 Å². The number of hydrogen-bond acceptors (Lipinski definition) is 2. The lowest BCUT2D eigenvalue weighted by atomic mass is 10.2. The van der Waals surface area contributed by atoms with E-state index in [1.54, 1.807) is 0 Å². The Morgan fingerprint density at radius 1 is 1.07 bits per heavy atom. The summed E-state index contributed by atoms with van der Waals surface area (Å²) in [5.74, 6) is 0. The predicted molar refractivity (Wildman–Crippen MR) is 61.0 cm³/mol. The number of rotatable bonds is 2. The molecule has 3 nitrogen and oxygen atoms in total. The third-order valence-electron chi connectivity index (χ3n) is 2.86. The Labute approximate surface area is 90.3 Å². The maximum Gasteiger partial charge on any atom is 0.209 e. The largest absolute Gasteiger partial charge is 0.368 e. The predicted octanol–water partition coefficient (Wildman–Crippen LogP) is 1.27. The van der Waals surface area contributed by atoms with Gasteiger partial charge in [-0.25, -0.2) is 0 Å². The molecular weight excluding hydrogens is 188 g/mol. The second-order valence-corrected chi connectivity index (χ2v) is 3.96. The van der Waals surface area contributed by atoms with Gasteiger partial charge in [0, 0.05) is 31.9 Å². The summed E-state index contributed by atoms with van der Waals surface area (Å²) in [4.78, 5) is 14.7. The van der Waals surface area contributed by atoms with Crippen molar-refractivity contribution in [3.8, 4) is 0 Å². The van der Waals surface area contributed by atoms with Crippen molar-refractivity contribution in [3.63, 3.8) is 0 Å². The smallest absolute Gasteiger partial charge is 0.209 e. The zero-order chi connectivity index (χ0) is 10.7. The molecule has 0 atom stereocenters. The highest BCUT2D eigenvalue weighted by Gasteiger charge is 2.14. The van der Waals surface area contributed by atoms with Gasteiger partial charge < -0.3 is 9.80 Å². The highest BCUT2D eigenvalue weighted by Crippen LogP contribution is 2.16. The van der Waals surface area contributed by atoms with E-state index in [9.17, 15) is 4.79 Å². The van der Waals surface area contributed by atoms with E-state index < -0.39 is 0 Å². The Morgan fingerprint density at radius 2 is 1.67 bits per heavy atom. The number of amides is 1. The fraction of sp³-hybridized carbons (Fsp3) is 0.417. The van der Waals surface area contributed by atoms with Gasteiger partial charge in [-0.05, 0) is 19.1 Å². The number of anilines is 1. The van der Waals surface area contributed by atoms with E-state index in [0.717, 1.165) is 32.6 Å². The normalized spacial score (nSPS) is 16.6. The fourth-order valence-electron chi connectivity index (χ4n) is 1.84. The van der Waals surface area contributed by atoms with E-state index in [1.165, 1.54) is 11.3 Å². The van der Waals surface area contributed by atoms with Crippen molar-refractivity contribution in [1.29, 1.82) is 0 Å². The molecular formula is C12H16N2O. The highest BCUT2D eigenvalue weighted by molar-refractivity contribution is 5.51. The molecule has 0 aromatic heterocycles. The van der Waals surface area contributed by atoms with E-state index in [4.69, 9.17) is 0 Å². The Hall–Kier alpha value is -1.51. The molecule has 0 unspecified atom stereocenters. The molecule has 1 aromatic rings. The number of carbonyl (C=O) groups is 1. The Bertz CT molecular complexity index is 326. The van der Waals surface area contributed by atoms with Crippen molar-refractivity contribution in [2.45, 2.75) is 6.92 Å². The molecule has 0 spiro atoms. The summed E-state index contributed by atoms with van der Waals surface area (Å²) >= 11 is 0. The van der Waals surface area contributed by atoms with Gasteiger partial charge in [-0.1, -0.05) is 17.7 Å². The van der Waals surface area contributed by atoms with E-state index in [0.29, 0.717) is 0 Å². The Morgan fingerprint density at radius 3 is 2.20 bits per heavy atom. The Kier molecular flexibility index (Phi) is 2.90. The first-order valence-corrected chi connectivity index (χ1v) is 5.30. The molecule has 0 N–H and O–H groups in total. The van der Waals surface area contributed by atoms with E-state index in [1.807, 2.05) is 4.90 Å². The molecule has 0 aliphatic carbocycles. The van der Waals surface area contributed by atoms with Gasteiger partial charge >= 0.3 is 0 Å². The summed E-state index contributed by atoms with van der Waals surface area (Å²) < 4.78 is 0. The molecule has 1 heterocycles. The summed E-state index contributed by atoms with van der Waals surface area (Å²) in [6.45, 7) is 5.62. The van der Waals surface area contributed by atoms with Crippen LogP contribution in [0.5, 0.6) is 0 Å². The molecule has 80 valence electrons. The van der Waals surface area contributed by atoms with E-state index in [-0.39, 0.29) is 0 Å². The topological polar surface area (TPSA) is 23.6 Å². The van der Waals surface area contributed by atoms with Crippen LogP contribution in [0, 0.1) is 6.92 Å². The first-order chi connectivity index (χ1) is 7.29. The minimum absolute atomic E-state index is 0.831. The van der Waals surface area contributed by atoms with Crippen LogP contribution in [0.4, 0.5) is 5.69 Å². The summed E-state index contributed by atoms with van der Waals surface area (Å²) in [5, 5.41) is 0. The summed E-state index contributed by atoms with van der Waals surface area (Å²) in [6.07, 6.45) is 0.937. The van der Waals surface area contributed by atoms with Crippen LogP contribution in [0.15, 0.2) is 24.3 Å². The quantitative estimate of drug-likeness (QED) is 0.677. The van der Waals surface area contributed by atoms with Crippen LogP contribution in [-0.4, -0.2) is 37.5 Å². The minimum Gasteiger partial charge on any atom is -0.368 e. The number of carbonyl (C=O) groups excluding carboxylic acids is 1. The standard InChI is InChI=1S/C12H16N2O/c1-11-2-4-12(5-3-11)14-8-6-13(10-15)7-9-14/h2-5,10H,6-9H2,1H3. The lowest BCUT2D eigenvalue weighted by molar-refractivity contribution is -0.118. The second-order valence-electron chi connectivity index (χ2n) is 3.96. The first kappa shape index (κ1) is 10.0. The van der Waals surface area contributed by atoms with Crippen molar-refractivity contribution in [2.75, 3.05) is 31.1 Å². The SMILES string of the molecule is Cc1ccc(N2CCN(C=O)CC2)cc1. The van der Waals surface area contributed by atoms with Crippen molar-refractivity contribution in [1.82, 2.24) is 4.90 Å². The van der Waals surface area contributed by atoms with Crippen LogP contribution in [0.3, 0.4) is 0 Å². The van der Waals surface area contributed by atoms with Gasteiger partial charge in [-0.15, -0.1) is 0 Å². The molecule has 0 bridgehead atoms. The lowest BCUT2D eigenvalue weighted by Gasteiger charge is -2.34. The number of nitrogens with zero attached hydrogens (tertiary/aromatic N) is 2. The molecule has 1 fully saturated rings. The molecule has 0 radical (unpaired) electrons. The lowest BCUT2D eigenvalue weighted by Crippen LogP contribution is -2.45. The molecule has 1 aromatic carbocycles. The minimum atomic E-state index is 0.831. The van der Waals surface area contributed by atoms with Crippen molar-refractivity contribution < 1.29 is 4.79 Å². The third-order valence-corrected chi connectivity index (χ3v) is 2.86. The van der Waals surface area contributed by atoms with Crippen LogP contribution in [-0.2, 0) is 4.79 Å². The van der Waals surface area contributed by atoms with Gasteiger partial charge in [0.05, 0.1) is 0 Å². The summed E-state index contributed by atoms with van der Waals surface area (Å²) in [6, 6.07) is 8.54. The molecule has 0 saturated carbocycles. The Balaban J connectivity index is 2.01. The van der Waals surface area contributed by atoms with Gasteiger partial charge in [-0.2, -0.15) is 0 Å². The average molecular weight is 204 g/mol. The van der Waals surface area contributed by atoms with Gasteiger partial charge in [0.1, 0.15) is 0 Å². The van der Waals surface area contributed by atoms with Crippen LogP contribution in [0.2, 0.25) is 0 Å². The van der Waals surface area contributed by atoms with E-state index in [2.05, 4.69) is 36.1 Å². The van der Waals surface area contributed by atoms with Crippen molar-refractivity contribution >= 4 is 12.1 Å². The summed E-state index contributed by atoms with van der Waals surface area (Å²) in [7, 11) is 0. The van der Waals surface area contributed by atoms with Gasteiger partial charge in [-0.3, -0.25) is 4.79 Å². The van der Waals surface area contributed by atoms with Crippen LogP contribution in [0.25, 0.3) is 0 Å². The summed E-state index contributed by atoms with van der Waals surface area (Å²) in [5.41, 5.74) is 2.54. The monoisotopic (exact) mass is 204 g/mol. The molecule has 1 saturated heterocycles. The molecule has 1 aliphatic rings. The first-order valence-electron chi connectivity index (χ1n) is 5.30. The molecule has 3 heteroatoms. The van der Waals surface area contributed by atoms with Gasteiger partial charge in [0.25, 0.3) is 0 Å². The number of benzene rings is 1. The zero-order valence-corrected chi connectivity index (χ0v) is 9.02. The van der Waals surface area contributed by atoms with E-state index >= 15 is 0 Å². The van der Waals surface area contributed by atoms with Crippen LogP contribution < -0.4 is 4.90 Å². The fourth-order valence-corrected chi connectivity index (χ4v) is 1.84. The average Bonchev–Trinajstić information content (AvgIpc) is 2.30. The molecule has 15 heavy (non-hydrogen) atoms. The number of piperazine rings is 1. The molecule has 1 amide bonds. The molecule has 1 aliphatic heterocycles.